The Balaban J connectivity index is 1.03. The number of para-hydroxylation sites is 1. The summed E-state index contributed by atoms with van der Waals surface area (Å²) >= 11 is 0. The molecule has 0 spiro atoms. The summed E-state index contributed by atoms with van der Waals surface area (Å²) in [6.07, 6.45) is 8.83. The second-order valence-electron chi connectivity index (χ2n) is 17.0. The Kier molecular flexibility index (Phi) is 12.7. The number of hydrogen-bond donors (Lipinski definition) is 1. The lowest BCUT2D eigenvalue weighted by Crippen LogP contribution is -2.11. The second-order valence-corrected chi connectivity index (χ2v) is 17.0. The first kappa shape index (κ1) is 43.3. The highest BCUT2D eigenvalue weighted by molar-refractivity contribution is 6.04. The third-order valence-electron chi connectivity index (χ3n) is 12.9. The molecule has 0 saturated heterocycles. The van der Waals surface area contributed by atoms with E-state index in [0.717, 1.165) is 62.6 Å². The van der Waals surface area contributed by atoms with Crippen molar-refractivity contribution in [3.05, 3.63) is 242 Å². The zero-order valence-electron chi connectivity index (χ0n) is 38.2. The molecule has 1 aromatic heterocycles. The third kappa shape index (κ3) is 8.76. The monoisotopic (exact) mass is 853 g/mol. The first-order valence-corrected chi connectivity index (χ1v) is 23.0. The predicted molar refractivity (Wildman–Crippen MR) is 284 cm³/mol. The lowest BCUT2D eigenvalue weighted by atomic mass is 9.90. The largest absolute Gasteiger partial charge is 0.398 e. The van der Waals surface area contributed by atoms with Crippen LogP contribution in [0.4, 0.5) is 11.4 Å². The maximum absolute atomic E-state index is 6.36. The van der Waals surface area contributed by atoms with Crippen molar-refractivity contribution < 1.29 is 0 Å². The molecule has 0 bridgehead atoms. The highest BCUT2D eigenvalue weighted by atomic mass is 15.1. The minimum absolute atomic E-state index is 0.387. The summed E-state index contributed by atoms with van der Waals surface area (Å²) in [7, 11) is 0. The van der Waals surface area contributed by atoms with Gasteiger partial charge in [-0.05, 0) is 135 Å². The van der Waals surface area contributed by atoms with E-state index in [1.807, 2.05) is 37.4 Å². The first-order valence-electron chi connectivity index (χ1n) is 23.0. The van der Waals surface area contributed by atoms with Gasteiger partial charge in [-0.3, -0.25) is 0 Å². The number of anilines is 2. The van der Waals surface area contributed by atoms with E-state index < -0.39 is 0 Å². The van der Waals surface area contributed by atoms with Crippen molar-refractivity contribution in [3.8, 4) is 67.0 Å². The van der Waals surface area contributed by atoms with Crippen LogP contribution in [0.15, 0.2) is 225 Å². The molecule has 0 aliphatic carbocycles. The molecule has 9 aromatic rings. The highest BCUT2D eigenvalue weighted by Gasteiger charge is 2.18. The molecule has 1 unspecified atom stereocenters. The van der Waals surface area contributed by atoms with Crippen molar-refractivity contribution in [1.82, 2.24) is 4.98 Å². The molecule has 0 aliphatic heterocycles. The molecule has 3 heteroatoms. The van der Waals surface area contributed by atoms with Gasteiger partial charge in [0.05, 0.1) is 11.4 Å². The van der Waals surface area contributed by atoms with Gasteiger partial charge in [0.25, 0.3) is 0 Å². The minimum atomic E-state index is 0.387. The number of pyridine rings is 1. The van der Waals surface area contributed by atoms with E-state index in [4.69, 9.17) is 10.7 Å². The van der Waals surface area contributed by atoms with Gasteiger partial charge in [-0.2, -0.15) is 0 Å². The number of rotatable bonds is 13. The lowest BCUT2D eigenvalue weighted by Gasteiger charge is -2.26. The molecule has 0 saturated carbocycles. The van der Waals surface area contributed by atoms with Crippen LogP contribution in [-0.4, -0.2) is 4.98 Å². The fraction of sp³-hybridized carbons (Fsp3) is 0.0952. The van der Waals surface area contributed by atoms with Crippen LogP contribution in [-0.2, 0) is 0 Å². The molecular weight excluding hydrogens is 799 g/mol. The van der Waals surface area contributed by atoms with Crippen LogP contribution in [0.25, 0.3) is 83.5 Å². The Morgan fingerprint density at radius 3 is 1.71 bits per heavy atom. The molecule has 322 valence electrons. The number of aromatic nitrogens is 1. The van der Waals surface area contributed by atoms with Crippen LogP contribution in [0.3, 0.4) is 0 Å². The summed E-state index contributed by atoms with van der Waals surface area (Å²) in [4.78, 5) is 7.44. The Hall–Kier alpha value is -8.01. The fourth-order valence-corrected chi connectivity index (χ4v) is 9.05. The summed E-state index contributed by atoms with van der Waals surface area (Å²) in [6, 6.07) is 69.8. The van der Waals surface area contributed by atoms with Gasteiger partial charge < -0.3 is 10.6 Å². The Morgan fingerprint density at radius 2 is 1.14 bits per heavy atom. The number of fused-ring (bicyclic) bond motifs is 1. The predicted octanol–water partition coefficient (Wildman–Crippen LogP) is 17.2. The maximum Gasteiger partial charge on any atom is 0.0744 e. The molecule has 9 rings (SSSR count). The molecule has 8 aromatic carbocycles. The van der Waals surface area contributed by atoms with Crippen LogP contribution in [0.2, 0.25) is 0 Å². The maximum atomic E-state index is 6.36. The van der Waals surface area contributed by atoms with E-state index in [2.05, 4.69) is 220 Å². The smallest absolute Gasteiger partial charge is 0.0744 e. The van der Waals surface area contributed by atoms with Crippen LogP contribution < -0.4 is 10.6 Å². The lowest BCUT2D eigenvalue weighted by molar-refractivity contribution is 0.733. The van der Waals surface area contributed by atoms with Gasteiger partial charge in [0.2, 0.25) is 0 Å². The van der Waals surface area contributed by atoms with Gasteiger partial charge in [0, 0.05) is 34.4 Å². The molecule has 0 radical (unpaired) electrons. The third-order valence-corrected chi connectivity index (χ3v) is 12.9. The zero-order chi connectivity index (χ0) is 45.6. The second kappa shape index (κ2) is 19.4. The van der Waals surface area contributed by atoms with E-state index in [0.29, 0.717) is 5.92 Å². The van der Waals surface area contributed by atoms with Gasteiger partial charge in [-0.15, -0.1) is 0 Å². The van der Waals surface area contributed by atoms with E-state index >= 15 is 0 Å². The molecule has 0 fully saturated rings. The van der Waals surface area contributed by atoms with Crippen molar-refractivity contribution in [2.24, 2.45) is 5.73 Å². The molecular formula is C63H55N3. The Morgan fingerprint density at radius 1 is 0.591 bits per heavy atom. The summed E-state index contributed by atoms with van der Waals surface area (Å²) in [5.41, 5.74) is 26.3. The molecule has 0 amide bonds. The van der Waals surface area contributed by atoms with E-state index in [1.54, 1.807) is 0 Å². The summed E-state index contributed by atoms with van der Waals surface area (Å²) in [5.74, 6) is 0.387. The summed E-state index contributed by atoms with van der Waals surface area (Å²) in [6.45, 7) is 12.9. The average Bonchev–Trinajstić information content (AvgIpc) is 3.38. The van der Waals surface area contributed by atoms with Crippen molar-refractivity contribution in [2.45, 2.75) is 40.0 Å². The van der Waals surface area contributed by atoms with Crippen LogP contribution in [0, 0.1) is 6.92 Å². The SMILES string of the molecule is C=CN(c1ccccc1)c1ccc(-c2ccc(-c3cccc4c(-c5ccc(-c6cc(-c7ccc(/C(N)=C/C=C\C)cc7)nc(-c7ccccc7)c6C)cc5)cccc34)cc2)cc1C(C)CC. The number of nitrogens with zero attached hydrogens (tertiary/aromatic N) is 2. The minimum Gasteiger partial charge on any atom is -0.398 e. The van der Waals surface area contributed by atoms with Gasteiger partial charge >= 0.3 is 0 Å². The molecule has 3 nitrogen and oxygen atoms in total. The number of nitrogens with two attached hydrogens (primary N) is 1. The average molecular weight is 854 g/mol. The standard InChI is InChI=1S/C63H55N3/c1-6-9-26-60(64)49-35-37-50(38-36-49)61-42-59(44(5)63(65-61)51-18-12-10-13-19-51)48-33-31-47(32-34-48)55-23-17-24-56-54(22-16-25-57(55)56)46-29-27-45(28-30-46)52-39-40-62(58(41-52)43(4)7-2)66(8-3)53-20-14-11-15-21-53/h6,8-43H,3,7,64H2,1-2,4-5H3/b9-6-,60-26-. The van der Waals surface area contributed by atoms with Crippen LogP contribution in [0.5, 0.6) is 0 Å². The van der Waals surface area contributed by atoms with Crippen molar-refractivity contribution in [1.29, 1.82) is 0 Å². The van der Waals surface area contributed by atoms with Gasteiger partial charge in [0.15, 0.2) is 0 Å². The molecule has 1 atom stereocenters. The van der Waals surface area contributed by atoms with E-state index in [1.165, 1.54) is 55.4 Å². The topological polar surface area (TPSA) is 42.1 Å². The van der Waals surface area contributed by atoms with Gasteiger partial charge in [0.1, 0.15) is 0 Å². The Bertz CT molecular complexity index is 3200. The van der Waals surface area contributed by atoms with E-state index in [-0.39, 0.29) is 0 Å². The normalized spacial score (nSPS) is 12.1. The molecule has 0 aliphatic rings. The molecule has 1 heterocycles. The van der Waals surface area contributed by atoms with Crippen molar-refractivity contribution in [3.63, 3.8) is 0 Å². The first-order chi connectivity index (χ1) is 32.3. The number of benzene rings is 8. The summed E-state index contributed by atoms with van der Waals surface area (Å²) < 4.78 is 0. The van der Waals surface area contributed by atoms with Crippen molar-refractivity contribution in [2.75, 3.05) is 4.90 Å². The Labute approximate surface area is 390 Å². The number of hydrogen-bond acceptors (Lipinski definition) is 3. The van der Waals surface area contributed by atoms with Crippen LogP contribution >= 0.6 is 0 Å². The van der Waals surface area contributed by atoms with Crippen molar-refractivity contribution >= 4 is 27.8 Å². The fourth-order valence-electron chi connectivity index (χ4n) is 9.05. The number of allylic oxidation sites excluding steroid dienone is 3. The summed E-state index contributed by atoms with van der Waals surface area (Å²) in [5, 5.41) is 2.46. The molecule has 66 heavy (non-hydrogen) atoms. The van der Waals surface area contributed by atoms with Crippen LogP contribution in [0.1, 0.15) is 49.8 Å². The quantitative estimate of drug-likeness (QED) is 0.118. The van der Waals surface area contributed by atoms with E-state index in [9.17, 15) is 0 Å². The van der Waals surface area contributed by atoms with Gasteiger partial charge in [-0.25, -0.2) is 4.98 Å². The zero-order valence-corrected chi connectivity index (χ0v) is 38.2. The molecule has 2 N–H and O–H groups in total. The highest BCUT2D eigenvalue weighted by Crippen LogP contribution is 2.41. The van der Waals surface area contributed by atoms with Gasteiger partial charge in [-0.1, -0.05) is 196 Å².